The van der Waals surface area contributed by atoms with Gasteiger partial charge in [-0.15, -0.1) is 11.3 Å². The van der Waals surface area contributed by atoms with Crippen molar-refractivity contribution >= 4 is 34.7 Å². The Labute approximate surface area is 201 Å². The second kappa shape index (κ2) is 11.3. The van der Waals surface area contributed by atoms with Gasteiger partial charge in [-0.1, -0.05) is 12.1 Å². The Morgan fingerprint density at radius 3 is 2.41 bits per heavy atom. The lowest BCUT2D eigenvalue weighted by atomic mass is 10.1. The third-order valence-electron chi connectivity index (χ3n) is 4.75. The molecule has 0 saturated heterocycles. The normalized spacial score (nSPS) is 10.4. The number of esters is 1. The van der Waals surface area contributed by atoms with E-state index in [9.17, 15) is 14.4 Å². The third-order valence-corrected chi connectivity index (χ3v) is 5.91. The van der Waals surface area contributed by atoms with Gasteiger partial charge in [0.25, 0.3) is 5.91 Å². The number of methoxy groups -OCH3 is 2. The van der Waals surface area contributed by atoms with Gasteiger partial charge >= 0.3 is 5.97 Å². The molecule has 0 bridgehead atoms. The van der Waals surface area contributed by atoms with E-state index in [0.717, 1.165) is 10.4 Å². The van der Waals surface area contributed by atoms with Crippen LogP contribution in [0.4, 0.5) is 5.69 Å². The Balaban J connectivity index is 1.81. The van der Waals surface area contributed by atoms with E-state index in [1.807, 2.05) is 6.07 Å². The van der Waals surface area contributed by atoms with Gasteiger partial charge in [0.2, 0.25) is 0 Å². The van der Waals surface area contributed by atoms with Gasteiger partial charge in [-0.25, -0.2) is 4.79 Å². The average Bonchev–Trinajstić information content (AvgIpc) is 3.26. The summed E-state index contributed by atoms with van der Waals surface area (Å²) in [6.07, 6.45) is 0. The van der Waals surface area contributed by atoms with Gasteiger partial charge in [-0.05, 0) is 55.8 Å². The van der Waals surface area contributed by atoms with Crippen LogP contribution in [0.5, 0.6) is 17.2 Å². The number of hydrogen-bond acceptors (Lipinski definition) is 8. The van der Waals surface area contributed by atoms with Crippen molar-refractivity contribution in [1.29, 1.82) is 0 Å². The molecule has 1 amide bonds. The predicted molar refractivity (Wildman–Crippen MR) is 129 cm³/mol. The lowest BCUT2D eigenvalue weighted by Crippen LogP contribution is -2.21. The number of Topliss-reactive ketones (excluding diaryl/α,β-unsaturated/α-hetero) is 1. The molecule has 9 heteroatoms. The molecule has 3 rings (SSSR count). The Hall–Kier alpha value is -3.85. The second-order valence-electron chi connectivity index (χ2n) is 7.06. The standard InChI is InChI=1S/C25H25NO7S/c1-5-32-25(29)24-19(13-22(34-24)17-9-10-20(30-3)21(12-17)31-4)26-23(28)14-33-18-8-6-7-16(11-18)15(2)27/h6-13H,5,14H2,1-4H3,(H,26,28). The smallest absolute Gasteiger partial charge is 0.350 e. The summed E-state index contributed by atoms with van der Waals surface area (Å²) in [4.78, 5) is 37.6. The number of thiophene rings is 1. The number of carbonyl (C=O) groups excluding carboxylic acids is 3. The molecule has 0 aliphatic heterocycles. The topological polar surface area (TPSA) is 100 Å². The van der Waals surface area contributed by atoms with E-state index in [1.54, 1.807) is 56.5 Å². The molecule has 3 aromatic rings. The lowest BCUT2D eigenvalue weighted by Gasteiger charge is -2.09. The van der Waals surface area contributed by atoms with Crippen LogP contribution in [0.25, 0.3) is 10.4 Å². The summed E-state index contributed by atoms with van der Waals surface area (Å²) in [6, 6.07) is 13.7. The number of benzene rings is 2. The van der Waals surface area contributed by atoms with Crippen molar-refractivity contribution in [3.63, 3.8) is 0 Å². The first kappa shape index (κ1) is 24.8. The highest BCUT2D eigenvalue weighted by atomic mass is 32.1. The molecule has 1 heterocycles. The van der Waals surface area contributed by atoms with Gasteiger partial charge in [-0.3, -0.25) is 9.59 Å². The van der Waals surface area contributed by atoms with Crippen LogP contribution in [0, 0.1) is 0 Å². The monoisotopic (exact) mass is 483 g/mol. The molecule has 0 unspecified atom stereocenters. The zero-order valence-corrected chi connectivity index (χ0v) is 20.1. The molecule has 0 spiro atoms. The van der Waals surface area contributed by atoms with Crippen molar-refractivity contribution in [2.45, 2.75) is 13.8 Å². The molecule has 0 saturated carbocycles. The Morgan fingerprint density at radius 2 is 1.74 bits per heavy atom. The molecule has 1 N–H and O–H groups in total. The molecule has 178 valence electrons. The molecular weight excluding hydrogens is 458 g/mol. The van der Waals surface area contributed by atoms with Gasteiger partial charge in [0.15, 0.2) is 23.9 Å². The van der Waals surface area contributed by atoms with E-state index >= 15 is 0 Å². The molecule has 0 aliphatic rings. The zero-order valence-electron chi connectivity index (χ0n) is 19.3. The molecule has 2 aromatic carbocycles. The SMILES string of the molecule is CCOC(=O)c1sc(-c2ccc(OC)c(OC)c2)cc1NC(=O)COc1cccc(C(C)=O)c1. The average molecular weight is 484 g/mol. The number of rotatable bonds is 10. The maximum Gasteiger partial charge on any atom is 0.350 e. The molecule has 34 heavy (non-hydrogen) atoms. The number of ketones is 1. The van der Waals surface area contributed by atoms with E-state index < -0.39 is 11.9 Å². The van der Waals surface area contributed by atoms with Crippen LogP contribution in [0.15, 0.2) is 48.5 Å². The number of carbonyl (C=O) groups is 3. The Kier molecular flexibility index (Phi) is 8.26. The van der Waals surface area contributed by atoms with Crippen LogP contribution in [0.3, 0.4) is 0 Å². The van der Waals surface area contributed by atoms with Crippen LogP contribution < -0.4 is 19.5 Å². The Bertz CT molecular complexity index is 1200. The second-order valence-corrected chi connectivity index (χ2v) is 8.12. The van der Waals surface area contributed by atoms with Gasteiger partial charge in [0, 0.05) is 10.4 Å². The number of amides is 1. The summed E-state index contributed by atoms with van der Waals surface area (Å²) >= 11 is 1.19. The minimum Gasteiger partial charge on any atom is -0.493 e. The third kappa shape index (κ3) is 5.93. The van der Waals surface area contributed by atoms with Crippen LogP contribution >= 0.6 is 11.3 Å². The van der Waals surface area contributed by atoms with Crippen molar-refractivity contribution in [1.82, 2.24) is 0 Å². The molecule has 0 fully saturated rings. The summed E-state index contributed by atoms with van der Waals surface area (Å²) in [5.41, 5.74) is 1.59. The van der Waals surface area contributed by atoms with Gasteiger partial charge in [0.1, 0.15) is 10.6 Å². The quantitative estimate of drug-likeness (QED) is 0.326. The van der Waals surface area contributed by atoms with Crippen molar-refractivity contribution in [2.75, 3.05) is 32.8 Å². The van der Waals surface area contributed by atoms with Crippen LogP contribution in [-0.4, -0.2) is 45.1 Å². The highest BCUT2D eigenvalue weighted by Gasteiger charge is 2.21. The maximum absolute atomic E-state index is 12.6. The van der Waals surface area contributed by atoms with E-state index in [2.05, 4.69) is 5.32 Å². The molecular formula is C25H25NO7S. The molecule has 8 nitrogen and oxygen atoms in total. The first-order chi connectivity index (χ1) is 16.4. The zero-order chi connectivity index (χ0) is 24.7. The van der Waals surface area contributed by atoms with Gasteiger partial charge in [-0.2, -0.15) is 0 Å². The van der Waals surface area contributed by atoms with Crippen LogP contribution in [0.2, 0.25) is 0 Å². The van der Waals surface area contributed by atoms with Gasteiger partial charge in [0.05, 0.1) is 26.5 Å². The summed E-state index contributed by atoms with van der Waals surface area (Å²) in [5, 5.41) is 2.72. The molecule has 0 radical (unpaired) electrons. The predicted octanol–water partition coefficient (Wildman–Crippen LogP) is 4.83. The highest BCUT2D eigenvalue weighted by Crippen LogP contribution is 2.39. The largest absolute Gasteiger partial charge is 0.493 e. The highest BCUT2D eigenvalue weighted by molar-refractivity contribution is 7.18. The van der Waals surface area contributed by atoms with Crippen LogP contribution in [-0.2, 0) is 9.53 Å². The summed E-state index contributed by atoms with van der Waals surface area (Å²) in [5.74, 6) is 0.408. The van der Waals surface area contributed by atoms with E-state index in [0.29, 0.717) is 28.5 Å². The van der Waals surface area contributed by atoms with Crippen molar-refractivity contribution in [2.24, 2.45) is 0 Å². The number of hydrogen-bond donors (Lipinski definition) is 1. The first-order valence-electron chi connectivity index (χ1n) is 10.4. The minimum absolute atomic E-state index is 0.102. The first-order valence-corrected chi connectivity index (χ1v) is 11.2. The summed E-state index contributed by atoms with van der Waals surface area (Å²) in [6.45, 7) is 3.06. The van der Waals surface area contributed by atoms with Crippen LogP contribution in [0.1, 0.15) is 33.9 Å². The fourth-order valence-corrected chi connectivity index (χ4v) is 4.11. The fourth-order valence-electron chi connectivity index (χ4n) is 3.10. The van der Waals surface area contributed by atoms with Crippen molar-refractivity contribution < 1.29 is 33.3 Å². The van der Waals surface area contributed by atoms with Gasteiger partial charge < -0.3 is 24.3 Å². The molecule has 1 aromatic heterocycles. The fraction of sp³-hybridized carbons (Fsp3) is 0.240. The number of ether oxygens (including phenoxy) is 4. The van der Waals surface area contributed by atoms with Crippen molar-refractivity contribution in [3.8, 4) is 27.7 Å². The Morgan fingerprint density at radius 1 is 0.971 bits per heavy atom. The summed E-state index contributed by atoms with van der Waals surface area (Å²) in [7, 11) is 3.09. The van der Waals surface area contributed by atoms with E-state index in [1.165, 1.54) is 25.4 Å². The van der Waals surface area contributed by atoms with Crippen molar-refractivity contribution in [3.05, 3.63) is 59.0 Å². The number of anilines is 1. The van der Waals surface area contributed by atoms with E-state index in [4.69, 9.17) is 18.9 Å². The molecule has 0 atom stereocenters. The number of nitrogens with one attached hydrogen (secondary N) is 1. The lowest BCUT2D eigenvalue weighted by molar-refractivity contribution is -0.118. The maximum atomic E-state index is 12.6. The summed E-state index contributed by atoms with van der Waals surface area (Å²) < 4.78 is 21.3. The minimum atomic E-state index is -0.537. The molecule has 0 aliphatic carbocycles. The van der Waals surface area contributed by atoms with E-state index in [-0.39, 0.29) is 23.9 Å².